The molecular weight excluding hydrogens is 446 g/mol. The predicted molar refractivity (Wildman–Crippen MR) is 118 cm³/mol. The van der Waals surface area contributed by atoms with Crippen LogP contribution < -0.4 is 14.2 Å². The minimum absolute atomic E-state index is 0.0782. The number of benzene rings is 3. The molecule has 1 heterocycles. The third-order valence-corrected chi connectivity index (χ3v) is 6.17. The summed E-state index contributed by atoms with van der Waals surface area (Å²) in [6, 6.07) is 11.9. The van der Waals surface area contributed by atoms with E-state index in [9.17, 15) is 18.7 Å². The van der Waals surface area contributed by atoms with Gasteiger partial charge in [-0.25, -0.2) is 8.78 Å². The van der Waals surface area contributed by atoms with Crippen LogP contribution in [0.5, 0.6) is 28.7 Å². The summed E-state index contributed by atoms with van der Waals surface area (Å²) in [5.41, 5.74) is 1.98. The van der Waals surface area contributed by atoms with E-state index >= 15 is 0 Å². The highest BCUT2D eigenvalue weighted by Crippen LogP contribution is 2.44. The summed E-state index contributed by atoms with van der Waals surface area (Å²) in [5.74, 6) is -0.277. The van der Waals surface area contributed by atoms with Gasteiger partial charge in [0.15, 0.2) is 11.6 Å². The number of carbonyl (C=O) groups excluding carboxylic acids is 1. The van der Waals surface area contributed by atoms with Gasteiger partial charge in [0.2, 0.25) is 0 Å². The molecule has 34 heavy (non-hydrogen) atoms. The van der Waals surface area contributed by atoms with Gasteiger partial charge < -0.3 is 24.1 Å². The van der Waals surface area contributed by atoms with E-state index in [0.717, 1.165) is 11.6 Å². The number of phenolic OH excluding ortho intramolecular Hbond substituents is 1. The third-order valence-electron chi connectivity index (χ3n) is 6.17. The number of aromatic hydroxyl groups is 1. The van der Waals surface area contributed by atoms with E-state index in [4.69, 9.17) is 18.9 Å². The number of rotatable bonds is 6. The molecule has 2 aliphatic rings. The lowest BCUT2D eigenvalue weighted by Gasteiger charge is -2.17. The molecular formula is C26H22F2O6. The summed E-state index contributed by atoms with van der Waals surface area (Å²) in [4.78, 5) is 11.6. The molecule has 0 amide bonds. The molecule has 0 spiro atoms. The van der Waals surface area contributed by atoms with E-state index in [1.807, 2.05) is 6.07 Å². The molecule has 0 saturated heterocycles. The highest BCUT2D eigenvalue weighted by atomic mass is 19.1. The standard InChI is InChI=1S/C26H22F2O6/c1-31-25(30)10-14-13-32-24-12-16(2-4-17(14)24)34-23-8-5-18-22(9-6-19(27)26(18)23)33-15-3-7-21(29)20(28)11-15/h2-4,6-7,9,11-12,14,23,29H,5,8,10,13H2,1H3. The summed E-state index contributed by atoms with van der Waals surface area (Å²) in [5, 5.41) is 9.37. The first-order valence-corrected chi connectivity index (χ1v) is 10.9. The Morgan fingerprint density at radius 2 is 1.91 bits per heavy atom. The average molecular weight is 468 g/mol. The molecule has 5 rings (SSSR count). The zero-order chi connectivity index (χ0) is 23.8. The van der Waals surface area contributed by atoms with Crippen molar-refractivity contribution >= 4 is 5.97 Å². The Labute approximate surface area is 194 Å². The number of methoxy groups -OCH3 is 1. The highest BCUT2D eigenvalue weighted by molar-refractivity contribution is 5.71. The topological polar surface area (TPSA) is 74.2 Å². The van der Waals surface area contributed by atoms with E-state index < -0.39 is 23.5 Å². The van der Waals surface area contributed by atoms with Gasteiger partial charge in [0.1, 0.15) is 34.9 Å². The van der Waals surface area contributed by atoms with Gasteiger partial charge in [-0.05, 0) is 43.2 Å². The first kappa shape index (κ1) is 22.0. The Balaban J connectivity index is 1.36. The molecule has 2 unspecified atom stereocenters. The van der Waals surface area contributed by atoms with Crippen LogP contribution in [0.1, 0.15) is 41.6 Å². The molecule has 0 bridgehead atoms. The first-order valence-electron chi connectivity index (χ1n) is 10.9. The first-order chi connectivity index (χ1) is 16.4. The smallest absolute Gasteiger partial charge is 0.306 e. The van der Waals surface area contributed by atoms with Crippen LogP contribution in [0.15, 0.2) is 48.5 Å². The van der Waals surface area contributed by atoms with Crippen molar-refractivity contribution in [3.05, 3.63) is 76.9 Å². The van der Waals surface area contributed by atoms with Crippen molar-refractivity contribution in [2.45, 2.75) is 31.3 Å². The maximum Gasteiger partial charge on any atom is 0.306 e. The minimum Gasteiger partial charge on any atom is -0.505 e. The number of hydrogen-bond acceptors (Lipinski definition) is 6. The fraction of sp³-hybridized carbons (Fsp3) is 0.269. The van der Waals surface area contributed by atoms with Gasteiger partial charge >= 0.3 is 5.97 Å². The summed E-state index contributed by atoms with van der Waals surface area (Å²) in [6.07, 6.45) is 0.773. The van der Waals surface area contributed by atoms with Gasteiger partial charge in [0.25, 0.3) is 0 Å². The van der Waals surface area contributed by atoms with Crippen molar-refractivity contribution in [1.82, 2.24) is 0 Å². The molecule has 3 aromatic rings. The molecule has 1 aliphatic carbocycles. The van der Waals surface area contributed by atoms with E-state index in [0.29, 0.717) is 47.8 Å². The lowest BCUT2D eigenvalue weighted by atomic mass is 9.98. The molecule has 1 N–H and O–H groups in total. The predicted octanol–water partition coefficient (Wildman–Crippen LogP) is 5.57. The fourth-order valence-corrected chi connectivity index (χ4v) is 4.48. The second-order valence-electron chi connectivity index (χ2n) is 8.29. The maximum absolute atomic E-state index is 14.8. The highest BCUT2D eigenvalue weighted by Gasteiger charge is 2.32. The van der Waals surface area contributed by atoms with Crippen LogP contribution >= 0.6 is 0 Å². The Kier molecular flexibility index (Phi) is 5.73. The largest absolute Gasteiger partial charge is 0.505 e. The van der Waals surface area contributed by atoms with Crippen LogP contribution in [0, 0.1) is 11.6 Å². The second kappa shape index (κ2) is 8.85. The lowest BCUT2D eigenvalue weighted by molar-refractivity contribution is -0.141. The molecule has 3 aromatic carbocycles. The normalized spacial score (nSPS) is 18.1. The number of carbonyl (C=O) groups is 1. The molecule has 0 radical (unpaired) electrons. The van der Waals surface area contributed by atoms with E-state index in [1.54, 1.807) is 12.1 Å². The number of esters is 1. The van der Waals surface area contributed by atoms with Gasteiger partial charge in [-0.3, -0.25) is 4.79 Å². The van der Waals surface area contributed by atoms with Crippen molar-refractivity contribution in [2.75, 3.05) is 13.7 Å². The van der Waals surface area contributed by atoms with E-state index in [1.165, 1.54) is 31.4 Å². The van der Waals surface area contributed by atoms with Crippen molar-refractivity contribution in [2.24, 2.45) is 0 Å². The Hall–Kier alpha value is -3.81. The monoisotopic (exact) mass is 468 g/mol. The van der Waals surface area contributed by atoms with Crippen molar-refractivity contribution < 1.29 is 37.6 Å². The minimum atomic E-state index is -0.801. The van der Waals surface area contributed by atoms with Gasteiger partial charge in [0, 0.05) is 34.7 Å². The second-order valence-corrected chi connectivity index (χ2v) is 8.29. The maximum atomic E-state index is 14.8. The third kappa shape index (κ3) is 4.11. The van der Waals surface area contributed by atoms with Crippen LogP contribution in [-0.4, -0.2) is 24.8 Å². The molecule has 1 aliphatic heterocycles. The van der Waals surface area contributed by atoms with Crippen molar-refractivity contribution in [3.63, 3.8) is 0 Å². The molecule has 2 atom stereocenters. The Bertz CT molecular complexity index is 1260. The summed E-state index contributed by atoms with van der Waals surface area (Å²) in [7, 11) is 1.36. The van der Waals surface area contributed by atoms with Crippen LogP contribution in [0.2, 0.25) is 0 Å². The fourth-order valence-electron chi connectivity index (χ4n) is 4.48. The number of hydrogen-bond donors (Lipinski definition) is 1. The average Bonchev–Trinajstić information content (AvgIpc) is 3.43. The van der Waals surface area contributed by atoms with Gasteiger partial charge in [-0.1, -0.05) is 6.07 Å². The van der Waals surface area contributed by atoms with Crippen LogP contribution in [-0.2, 0) is 16.0 Å². The molecule has 8 heteroatoms. The van der Waals surface area contributed by atoms with Crippen LogP contribution in [0.3, 0.4) is 0 Å². The number of halogens is 2. The van der Waals surface area contributed by atoms with Crippen molar-refractivity contribution in [1.29, 1.82) is 0 Å². The summed E-state index contributed by atoms with van der Waals surface area (Å²) < 4.78 is 50.9. The molecule has 176 valence electrons. The van der Waals surface area contributed by atoms with Gasteiger partial charge in [0.05, 0.1) is 20.1 Å². The Morgan fingerprint density at radius 3 is 2.71 bits per heavy atom. The van der Waals surface area contributed by atoms with Crippen LogP contribution in [0.25, 0.3) is 0 Å². The SMILES string of the molecule is COC(=O)CC1COc2cc(OC3CCc4c(Oc5ccc(O)c(F)c5)ccc(F)c43)ccc21. The quantitative estimate of drug-likeness (QED) is 0.477. The molecule has 0 fully saturated rings. The number of fused-ring (bicyclic) bond motifs is 2. The van der Waals surface area contributed by atoms with Gasteiger partial charge in [-0.15, -0.1) is 0 Å². The van der Waals surface area contributed by atoms with Crippen LogP contribution in [0.4, 0.5) is 8.78 Å². The summed E-state index contributed by atoms with van der Waals surface area (Å²) in [6.45, 7) is 0.382. The molecule has 0 aromatic heterocycles. The zero-order valence-electron chi connectivity index (χ0n) is 18.3. The molecule has 6 nitrogen and oxygen atoms in total. The number of ether oxygens (including phenoxy) is 4. The van der Waals surface area contributed by atoms with E-state index in [-0.39, 0.29) is 24.1 Å². The lowest BCUT2D eigenvalue weighted by Crippen LogP contribution is -2.09. The molecule has 0 saturated carbocycles. The van der Waals surface area contributed by atoms with E-state index in [2.05, 4.69) is 0 Å². The van der Waals surface area contributed by atoms with Gasteiger partial charge in [-0.2, -0.15) is 0 Å². The Morgan fingerprint density at radius 1 is 1.09 bits per heavy atom. The van der Waals surface area contributed by atoms with Crippen molar-refractivity contribution in [3.8, 4) is 28.7 Å². The summed E-state index contributed by atoms with van der Waals surface area (Å²) >= 11 is 0. The zero-order valence-corrected chi connectivity index (χ0v) is 18.3. The number of phenols is 1.